The van der Waals surface area contributed by atoms with Crippen LogP contribution in [0.1, 0.15) is 61.3 Å². The van der Waals surface area contributed by atoms with Crippen molar-refractivity contribution in [2.75, 3.05) is 13.1 Å². The lowest BCUT2D eigenvalue weighted by atomic mass is 10.0. The summed E-state index contributed by atoms with van der Waals surface area (Å²) in [4.78, 5) is 36.0. The Balaban J connectivity index is 0.000000293. The second-order valence-electron chi connectivity index (χ2n) is 8.47. The van der Waals surface area contributed by atoms with E-state index in [1.54, 1.807) is 4.90 Å². The predicted octanol–water partition coefficient (Wildman–Crippen LogP) is 2.79. The normalized spacial score (nSPS) is 24.0. The third kappa shape index (κ3) is 6.42. The molecule has 0 unspecified atom stereocenters. The number of nitrogens with one attached hydrogen (secondary N) is 1. The SMILES string of the molecule is CC(C)[C@@H]1NCCC1=O.CC(C)[C@H]1C(=O)CCN1C(=O)OC(C)(C)C. The lowest BCUT2D eigenvalue weighted by molar-refractivity contribution is -0.121. The van der Waals surface area contributed by atoms with Gasteiger partial charge in [-0.2, -0.15) is 0 Å². The number of nitrogens with zero attached hydrogens (tertiary/aromatic N) is 1. The van der Waals surface area contributed by atoms with E-state index in [0.29, 0.717) is 24.7 Å². The highest BCUT2D eigenvalue weighted by atomic mass is 16.6. The molecule has 1 N–H and O–H groups in total. The Morgan fingerprint density at radius 3 is 2.04 bits per heavy atom. The third-order valence-corrected chi connectivity index (χ3v) is 4.27. The number of carbonyl (C=O) groups excluding carboxylic acids is 3. The van der Waals surface area contributed by atoms with Crippen LogP contribution in [0.4, 0.5) is 4.79 Å². The second kappa shape index (κ2) is 8.79. The molecular formula is C19H34N2O4. The molecule has 2 saturated heterocycles. The first-order chi connectivity index (χ1) is 11.4. The molecule has 2 aliphatic heterocycles. The van der Waals surface area contributed by atoms with Crippen LogP contribution in [0.15, 0.2) is 0 Å². The number of ether oxygens (including phenoxy) is 1. The lowest BCUT2D eigenvalue weighted by Crippen LogP contribution is -2.44. The summed E-state index contributed by atoms with van der Waals surface area (Å²) in [7, 11) is 0. The topological polar surface area (TPSA) is 75.7 Å². The maximum absolute atomic E-state index is 11.9. The molecule has 0 aromatic rings. The number of rotatable bonds is 2. The van der Waals surface area contributed by atoms with Crippen LogP contribution in [0, 0.1) is 11.8 Å². The molecule has 0 aliphatic carbocycles. The highest BCUT2D eigenvalue weighted by Crippen LogP contribution is 2.23. The van der Waals surface area contributed by atoms with Crippen molar-refractivity contribution in [2.45, 2.75) is 79.0 Å². The average molecular weight is 354 g/mol. The molecule has 2 heterocycles. The van der Waals surface area contributed by atoms with Crippen molar-refractivity contribution < 1.29 is 19.1 Å². The average Bonchev–Trinajstić information content (AvgIpc) is 3.03. The summed E-state index contributed by atoms with van der Waals surface area (Å²) >= 11 is 0. The molecule has 0 spiro atoms. The van der Waals surface area contributed by atoms with Crippen LogP contribution < -0.4 is 5.32 Å². The van der Waals surface area contributed by atoms with Crippen molar-refractivity contribution >= 4 is 17.7 Å². The van der Waals surface area contributed by atoms with Gasteiger partial charge in [0.2, 0.25) is 0 Å². The van der Waals surface area contributed by atoms with Crippen LogP contribution in [0.5, 0.6) is 0 Å². The van der Waals surface area contributed by atoms with E-state index in [0.717, 1.165) is 13.0 Å². The molecule has 2 aliphatic rings. The third-order valence-electron chi connectivity index (χ3n) is 4.27. The van der Waals surface area contributed by atoms with Crippen molar-refractivity contribution in [1.82, 2.24) is 10.2 Å². The fourth-order valence-electron chi connectivity index (χ4n) is 3.18. The van der Waals surface area contributed by atoms with Crippen molar-refractivity contribution in [3.05, 3.63) is 0 Å². The number of amides is 1. The zero-order valence-electron chi connectivity index (χ0n) is 16.7. The van der Waals surface area contributed by atoms with E-state index in [9.17, 15) is 14.4 Å². The minimum atomic E-state index is -0.510. The van der Waals surface area contributed by atoms with Gasteiger partial charge in [0.05, 0.1) is 12.1 Å². The van der Waals surface area contributed by atoms with E-state index in [1.165, 1.54) is 0 Å². The van der Waals surface area contributed by atoms with Gasteiger partial charge in [0, 0.05) is 25.9 Å². The number of hydrogen-bond acceptors (Lipinski definition) is 5. The summed E-state index contributed by atoms with van der Waals surface area (Å²) in [5, 5.41) is 3.16. The van der Waals surface area contributed by atoms with Gasteiger partial charge in [-0.05, 0) is 32.6 Å². The fraction of sp³-hybridized carbons (Fsp3) is 0.842. The van der Waals surface area contributed by atoms with E-state index in [2.05, 4.69) is 19.2 Å². The van der Waals surface area contributed by atoms with Crippen LogP contribution in [0.25, 0.3) is 0 Å². The molecule has 0 bridgehead atoms. The molecule has 0 aromatic carbocycles. The van der Waals surface area contributed by atoms with E-state index in [-0.39, 0.29) is 29.9 Å². The Bertz CT molecular complexity index is 494. The summed E-state index contributed by atoms with van der Waals surface area (Å²) in [6, 6.07) is -0.167. The standard InChI is InChI=1S/C12H21NO3.C7H13NO/c1-8(2)10-9(14)6-7-13(10)11(15)16-12(3,4)5;1-5(2)7-6(9)3-4-8-7/h8,10H,6-7H2,1-5H3;5,7-8H,3-4H2,1-2H3/t10-;7-/m00/s1. The summed E-state index contributed by atoms with van der Waals surface area (Å²) in [6.45, 7) is 14.9. The highest BCUT2D eigenvalue weighted by molar-refractivity contribution is 5.91. The molecule has 2 rings (SSSR count). The fourth-order valence-corrected chi connectivity index (χ4v) is 3.18. The van der Waals surface area contributed by atoms with Crippen LogP contribution >= 0.6 is 0 Å². The Kier molecular flexibility index (Phi) is 7.60. The summed E-state index contributed by atoms with van der Waals surface area (Å²) in [5.41, 5.74) is -0.510. The predicted molar refractivity (Wildman–Crippen MR) is 97.4 cm³/mol. The van der Waals surface area contributed by atoms with E-state index >= 15 is 0 Å². The Hall–Kier alpha value is -1.43. The van der Waals surface area contributed by atoms with Crippen molar-refractivity contribution in [3.8, 4) is 0 Å². The van der Waals surface area contributed by atoms with Crippen LogP contribution in [-0.2, 0) is 14.3 Å². The van der Waals surface area contributed by atoms with Crippen molar-refractivity contribution in [2.24, 2.45) is 11.8 Å². The molecule has 2 atom stereocenters. The van der Waals surface area contributed by atoms with Crippen LogP contribution in [0.3, 0.4) is 0 Å². The number of likely N-dealkylation sites (tertiary alicyclic amines) is 1. The van der Waals surface area contributed by atoms with Gasteiger partial charge in [-0.3, -0.25) is 14.5 Å². The van der Waals surface area contributed by atoms with E-state index in [4.69, 9.17) is 4.74 Å². The monoisotopic (exact) mass is 354 g/mol. The molecule has 0 saturated carbocycles. The van der Waals surface area contributed by atoms with Gasteiger partial charge in [-0.15, -0.1) is 0 Å². The zero-order chi connectivity index (χ0) is 19.4. The summed E-state index contributed by atoms with van der Waals surface area (Å²) < 4.78 is 5.29. The second-order valence-corrected chi connectivity index (χ2v) is 8.47. The highest BCUT2D eigenvalue weighted by Gasteiger charge is 2.39. The first kappa shape index (κ1) is 21.6. The zero-order valence-corrected chi connectivity index (χ0v) is 16.7. The minimum absolute atomic E-state index is 0.140. The summed E-state index contributed by atoms with van der Waals surface area (Å²) in [6.07, 6.45) is 0.794. The van der Waals surface area contributed by atoms with Gasteiger partial charge in [0.25, 0.3) is 0 Å². The van der Waals surface area contributed by atoms with Gasteiger partial charge < -0.3 is 10.1 Å². The van der Waals surface area contributed by atoms with Gasteiger partial charge in [-0.1, -0.05) is 27.7 Å². The number of carbonyl (C=O) groups is 3. The quantitative estimate of drug-likeness (QED) is 0.825. The van der Waals surface area contributed by atoms with E-state index in [1.807, 2.05) is 34.6 Å². The lowest BCUT2D eigenvalue weighted by Gasteiger charge is -2.29. The Labute approximate surface area is 151 Å². The molecule has 0 aromatic heterocycles. The molecule has 6 heteroatoms. The number of hydrogen-bond donors (Lipinski definition) is 1. The van der Waals surface area contributed by atoms with Gasteiger partial charge >= 0.3 is 6.09 Å². The smallest absolute Gasteiger partial charge is 0.410 e. The Morgan fingerprint density at radius 1 is 1.08 bits per heavy atom. The maximum atomic E-state index is 11.9. The number of Topliss-reactive ketones (excluding diaryl/α,β-unsaturated/α-hetero) is 2. The molecule has 144 valence electrons. The maximum Gasteiger partial charge on any atom is 0.410 e. The first-order valence-electron chi connectivity index (χ1n) is 9.22. The van der Waals surface area contributed by atoms with Gasteiger partial charge in [0.1, 0.15) is 5.60 Å². The van der Waals surface area contributed by atoms with Crippen molar-refractivity contribution in [3.63, 3.8) is 0 Å². The van der Waals surface area contributed by atoms with E-state index < -0.39 is 5.60 Å². The molecule has 0 radical (unpaired) electrons. The molecule has 2 fully saturated rings. The molecule has 25 heavy (non-hydrogen) atoms. The van der Waals surface area contributed by atoms with Gasteiger partial charge in [-0.25, -0.2) is 4.79 Å². The summed E-state index contributed by atoms with van der Waals surface area (Å²) in [5.74, 6) is 1.12. The molecule has 1 amide bonds. The number of ketones is 2. The molecular weight excluding hydrogens is 320 g/mol. The first-order valence-corrected chi connectivity index (χ1v) is 9.22. The molecule has 6 nitrogen and oxygen atoms in total. The van der Waals surface area contributed by atoms with Crippen molar-refractivity contribution in [1.29, 1.82) is 0 Å². The van der Waals surface area contributed by atoms with Crippen LogP contribution in [0.2, 0.25) is 0 Å². The van der Waals surface area contributed by atoms with Crippen LogP contribution in [-0.4, -0.2) is 53.3 Å². The van der Waals surface area contributed by atoms with Gasteiger partial charge in [0.15, 0.2) is 11.6 Å². The largest absolute Gasteiger partial charge is 0.444 e. The minimum Gasteiger partial charge on any atom is -0.444 e. The Morgan fingerprint density at radius 2 is 1.68 bits per heavy atom.